The van der Waals surface area contributed by atoms with E-state index in [4.69, 9.17) is 4.42 Å². The number of aryl methyl sites for hydroxylation is 2. The molecule has 3 aromatic heterocycles. The highest BCUT2D eigenvalue weighted by Gasteiger charge is 2.20. The van der Waals surface area contributed by atoms with Gasteiger partial charge in [-0.2, -0.15) is 0 Å². The largest absolute Gasteiger partial charge is 0.461 e. The number of nitro benzene ring substituents is 1. The average molecular weight is 394 g/mol. The van der Waals surface area contributed by atoms with E-state index in [0.717, 1.165) is 16.6 Å². The maximum absolute atomic E-state index is 12.8. The fourth-order valence-corrected chi connectivity index (χ4v) is 4.08. The third-order valence-electron chi connectivity index (χ3n) is 4.23. The van der Waals surface area contributed by atoms with Crippen LogP contribution in [0.2, 0.25) is 0 Å². The van der Waals surface area contributed by atoms with Crippen molar-refractivity contribution in [3.63, 3.8) is 0 Å². The van der Waals surface area contributed by atoms with E-state index in [-0.39, 0.29) is 11.6 Å². The molecule has 1 amide bonds. The number of non-ortho nitro benzene ring substituents is 1. The Balaban J connectivity index is 1.71. The van der Waals surface area contributed by atoms with Gasteiger partial charge in [0, 0.05) is 23.2 Å². The number of amides is 1. The summed E-state index contributed by atoms with van der Waals surface area (Å²) in [6.07, 6.45) is 1.55. The van der Waals surface area contributed by atoms with Crippen LogP contribution in [0.5, 0.6) is 0 Å². The van der Waals surface area contributed by atoms with E-state index in [9.17, 15) is 14.9 Å². The van der Waals surface area contributed by atoms with E-state index < -0.39 is 4.92 Å². The zero-order valence-corrected chi connectivity index (χ0v) is 15.7. The van der Waals surface area contributed by atoms with Crippen LogP contribution in [0.4, 0.5) is 11.4 Å². The molecule has 0 unspecified atom stereocenters. The van der Waals surface area contributed by atoms with Gasteiger partial charge in [0.25, 0.3) is 11.6 Å². The van der Waals surface area contributed by atoms with Gasteiger partial charge in [-0.1, -0.05) is 6.07 Å². The fraction of sp³-hybridized carbons (Fsp3) is 0.105. The van der Waals surface area contributed by atoms with E-state index in [1.165, 1.54) is 29.5 Å². The summed E-state index contributed by atoms with van der Waals surface area (Å²) in [5, 5.41) is 14.5. The highest BCUT2D eigenvalue weighted by atomic mass is 32.1. The van der Waals surface area contributed by atoms with Crippen LogP contribution in [0.3, 0.4) is 0 Å². The quantitative estimate of drug-likeness (QED) is 0.396. The lowest BCUT2D eigenvalue weighted by atomic mass is 10.1. The first-order valence-electron chi connectivity index (χ1n) is 8.31. The van der Waals surface area contributed by atoms with E-state index in [2.05, 4.69) is 15.3 Å². The van der Waals surface area contributed by atoms with Gasteiger partial charge >= 0.3 is 0 Å². The summed E-state index contributed by atoms with van der Waals surface area (Å²) in [6, 6.07) is 9.35. The summed E-state index contributed by atoms with van der Waals surface area (Å²) in [4.78, 5) is 33.4. The molecule has 9 heteroatoms. The van der Waals surface area contributed by atoms with Gasteiger partial charge < -0.3 is 9.73 Å². The van der Waals surface area contributed by atoms with Gasteiger partial charge in [0.1, 0.15) is 4.83 Å². The summed E-state index contributed by atoms with van der Waals surface area (Å²) in [7, 11) is 0. The minimum Gasteiger partial charge on any atom is -0.461 e. The first-order chi connectivity index (χ1) is 13.4. The maximum Gasteiger partial charge on any atom is 0.271 e. The monoisotopic (exact) mass is 394 g/mol. The molecule has 4 rings (SSSR count). The molecule has 8 nitrogen and oxygen atoms in total. The van der Waals surface area contributed by atoms with Crippen molar-refractivity contribution in [1.29, 1.82) is 0 Å². The molecular formula is C19H14N4O4S. The standard InChI is InChI=1S/C19H14N4O4S/c1-10-15-11(2)20-17(14-7-4-8-27-14)22-19(15)28-16(10)18(24)21-12-5-3-6-13(9-12)23(25)26/h3-9H,1-2H3,(H,21,24). The van der Waals surface area contributed by atoms with Gasteiger partial charge in [0.2, 0.25) is 0 Å². The number of nitro groups is 1. The van der Waals surface area contributed by atoms with Gasteiger partial charge in [-0.15, -0.1) is 11.3 Å². The van der Waals surface area contributed by atoms with Crippen LogP contribution in [0, 0.1) is 24.0 Å². The molecule has 0 saturated carbocycles. The second-order valence-electron chi connectivity index (χ2n) is 6.11. The zero-order chi connectivity index (χ0) is 19.8. The molecule has 0 radical (unpaired) electrons. The molecule has 0 saturated heterocycles. The first kappa shape index (κ1) is 17.8. The Bertz CT molecular complexity index is 1210. The number of carbonyl (C=O) groups excluding carboxylic acids is 1. The smallest absolute Gasteiger partial charge is 0.271 e. The van der Waals surface area contributed by atoms with Crippen molar-refractivity contribution in [2.24, 2.45) is 0 Å². The van der Waals surface area contributed by atoms with Gasteiger partial charge in [-0.25, -0.2) is 9.97 Å². The number of furan rings is 1. The Morgan fingerprint density at radius 1 is 1.21 bits per heavy atom. The van der Waals surface area contributed by atoms with Crippen LogP contribution in [-0.2, 0) is 0 Å². The molecule has 0 bridgehead atoms. The van der Waals surface area contributed by atoms with Crippen molar-refractivity contribution in [2.75, 3.05) is 5.32 Å². The maximum atomic E-state index is 12.8. The SMILES string of the molecule is Cc1nc(-c2ccco2)nc2sc(C(=O)Nc3cccc([N+](=O)[O-])c3)c(C)c12. The Kier molecular flexibility index (Phi) is 4.36. The lowest BCUT2D eigenvalue weighted by Crippen LogP contribution is -2.11. The Hall–Kier alpha value is -3.59. The molecule has 0 fully saturated rings. The molecule has 4 aromatic rings. The molecule has 0 spiro atoms. The minimum atomic E-state index is -0.505. The lowest BCUT2D eigenvalue weighted by Gasteiger charge is -2.04. The van der Waals surface area contributed by atoms with Crippen molar-refractivity contribution in [3.8, 4) is 11.6 Å². The molecule has 0 aliphatic rings. The van der Waals surface area contributed by atoms with Crippen molar-refractivity contribution < 1.29 is 14.1 Å². The number of thiophene rings is 1. The van der Waals surface area contributed by atoms with E-state index in [1.54, 1.807) is 24.5 Å². The van der Waals surface area contributed by atoms with Gasteiger partial charge in [-0.05, 0) is 37.6 Å². The molecular weight excluding hydrogens is 380 g/mol. The number of benzene rings is 1. The summed E-state index contributed by atoms with van der Waals surface area (Å²) in [6.45, 7) is 3.70. The number of nitrogens with zero attached hydrogens (tertiary/aromatic N) is 3. The van der Waals surface area contributed by atoms with E-state index in [1.807, 2.05) is 13.8 Å². The van der Waals surface area contributed by atoms with E-state index in [0.29, 0.717) is 27.0 Å². The Morgan fingerprint density at radius 3 is 2.75 bits per heavy atom. The van der Waals surface area contributed by atoms with Crippen LogP contribution in [0.15, 0.2) is 47.1 Å². The second kappa shape index (κ2) is 6.86. The number of nitrogens with one attached hydrogen (secondary N) is 1. The number of carbonyl (C=O) groups is 1. The zero-order valence-electron chi connectivity index (χ0n) is 14.9. The van der Waals surface area contributed by atoms with Crippen molar-refractivity contribution in [1.82, 2.24) is 9.97 Å². The molecule has 1 aromatic carbocycles. The molecule has 3 heterocycles. The van der Waals surface area contributed by atoms with E-state index >= 15 is 0 Å². The van der Waals surface area contributed by atoms with Crippen LogP contribution >= 0.6 is 11.3 Å². The summed E-state index contributed by atoms with van der Waals surface area (Å²) >= 11 is 1.25. The predicted octanol–water partition coefficient (Wildman–Crippen LogP) is 4.73. The normalized spacial score (nSPS) is 10.9. The number of hydrogen-bond donors (Lipinski definition) is 1. The third kappa shape index (κ3) is 3.12. The van der Waals surface area contributed by atoms with Crippen LogP contribution in [0.1, 0.15) is 20.9 Å². The molecule has 28 heavy (non-hydrogen) atoms. The number of aromatic nitrogens is 2. The molecule has 1 N–H and O–H groups in total. The highest BCUT2D eigenvalue weighted by molar-refractivity contribution is 7.20. The minimum absolute atomic E-state index is 0.0873. The first-order valence-corrected chi connectivity index (χ1v) is 9.13. The van der Waals surface area contributed by atoms with Crippen molar-refractivity contribution in [2.45, 2.75) is 13.8 Å². The van der Waals surface area contributed by atoms with Crippen LogP contribution < -0.4 is 5.32 Å². The van der Waals surface area contributed by atoms with Gasteiger partial charge in [0.15, 0.2) is 11.6 Å². The summed E-state index contributed by atoms with van der Waals surface area (Å²) in [5.41, 5.74) is 1.79. The van der Waals surface area contributed by atoms with Crippen molar-refractivity contribution >= 4 is 38.8 Å². The number of anilines is 1. The topological polar surface area (TPSA) is 111 Å². The summed E-state index contributed by atoms with van der Waals surface area (Å²) < 4.78 is 5.36. The van der Waals surface area contributed by atoms with Crippen LogP contribution in [-0.4, -0.2) is 20.8 Å². The third-order valence-corrected chi connectivity index (χ3v) is 5.42. The highest BCUT2D eigenvalue weighted by Crippen LogP contribution is 2.33. The lowest BCUT2D eigenvalue weighted by molar-refractivity contribution is -0.384. The Morgan fingerprint density at radius 2 is 2.04 bits per heavy atom. The van der Waals surface area contributed by atoms with Crippen molar-refractivity contribution in [3.05, 3.63) is 68.9 Å². The fourth-order valence-electron chi connectivity index (χ4n) is 2.96. The average Bonchev–Trinajstić information content (AvgIpc) is 3.30. The molecule has 0 atom stereocenters. The molecule has 140 valence electrons. The number of fused-ring (bicyclic) bond motifs is 1. The van der Waals surface area contributed by atoms with Gasteiger partial charge in [0.05, 0.1) is 21.8 Å². The van der Waals surface area contributed by atoms with Gasteiger partial charge in [-0.3, -0.25) is 14.9 Å². The number of hydrogen-bond acceptors (Lipinski definition) is 7. The molecule has 0 aliphatic carbocycles. The Labute approximate surface area is 163 Å². The van der Waals surface area contributed by atoms with Crippen LogP contribution in [0.25, 0.3) is 21.8 Å². The number of rotatable bonds is 4. The predicted molar refractivity (Wildman–Crippen MR) is 106 cm³/mol. The second-order valence-corrected chi connectivity index (χ2v) is 7.11. The molecule has 0 aliphatic heterocycles. The summed E-state index contributed by atoms with van der Waals surface area (Å²) in [5.74, 6) is 0.667.